The molecule has 4 N–H and O–H groups in total. The average Bonchev–Trinajstić information content (AvgIpc) is 2.35. The molecule has 0 aliphatic rings. The van der Waals surface area contributed by atoms with E-state index in [2.05, 4.69) is 36.4 Å². The number of aliphatic imine (C=N–C) groups is 1. The van der Waals surface area contributed by atoms with Gasteiger partial charge in [-0.25, -0.2) is 13.6 Å². The lowest BCUT2D eigenvalue weighted by Crippen LogP contribution is -2.41. The van der Waals surface area contributed by atoms with E-state index in [1.54, 1.807) is 0 Å². The summed E-state index contributed by atoms with van der Waals surface area (Å²) < 4.78 is 21.8. The standard InChI is InChI=1S/C14H32N4O2S/c1-5-7-8-9-14(3,4)12-18-13(16-6-2)17-10-11-21(15,19)20/h5-12H2,1-4H3,(H2,15,19,20)(H2,16,17,18). The van der Waals surface area contributed by atoms with Crippen molar-refractivity contribution in [2.75, 3.05) is 25.4 Å². The highest BCUT2D eigenvalue weighted by Crippen LogP contribution is 2.23. The second-order valence-corrected chi connectivity index (χ2v) is 7.84. The number of nitrogens with one attached hydrogen (secondary N) is 2. The van der Waals surface area contributed by atoms with Gasteiger partial charge in [0.05, 0.1) is 5.75 Å². The predicted octanol–water partition coefficient (Wildman–Crippen LogP) is 1.44. The van der Waals surface area contributed by atoms with Crippen molar-refractivity contribution in [1.82, 2.24) is 10.6 Å². The normalized spacial score (nSPS) is 13.3. The van der Waals surface area contributed by atoms with E-state index in [-0.39, 0.29) is 17.7 Å². The van der Waals surface area contributed by atoms with E-state index < -0.39 is 10.0 Å². The Kier molecular flexibility index (Phi) is 9.61. The predicted molar refractivity (Wildman–Crippen MR) is 89.9 cm³/mol. The van der Waals surface area contributed by atoms with Crippen LogP contribution in [0.15, 0.2) is 4.99 Å². The van der Waals surface area contributed by atoms with Gasteiger partial charge in [-0.15, -0.1) is 0 Å². The minimum Gasteiger partial charge on any atom is -0.357 e. The second kappa shape index (κ2) is 10.00. The Morgan fingerprint density at radius 1 is 1.19 bits per heavy atom. The van der Waals surface area contributed by atoms with Gasteiger partial charge in [0, 0.05) is 19.6 Å². The fraction of sp³-hybridized carbons (Fsp3) is 0.929. The number of hydrogen-bond donors (Lipinski definition) is 3. The first-order valence-corrected chi connectivity index (χ1v) is 9.44. The Balaban J connectivity index is 4.36. The highest BCUT2D eigenvalue weighted by molar-refractivity contribution is 7.89. The molecule has 0 saturated heterocycles. The summed E-state index contributed by atoms with van der Waals surface area (Å²) in [5.74, 6) is 0.543. The van der Waals surface area contributed by atoms with Gasteiger partial charge in [0.2, 0.25) is 10.0 Å². The van der Waals surface area contributed by atoms with Gasteiger partial charge >= 0.3 is 0 Å². The van der Waals surface area contributed by atoms with E-state index in [1.807, 2.05) is 6.92 Å². The van der Waals surface area contributed by atoms with Gasteiger partial charge < -0.3 is 10.6 Å². The molecule has 6 nitrogen and oxygen atoms in total. The molecule has 0 amide bonds. The lowest BCUT2D eigenvalue weighted by atomic mass is 9.87. The zero-order valence-corrected chi connectivity index (χ0v) is 14.7. The summed E-state index contributed by atoms with van der Waals surface area (Å²) in [6.45, 7) is 10.3. The van der Waals surface area contributed by atoms with E-state index in [9.17, 15) is 8.42 Å². The molecule has 0 rings (SSSR count). The molecule has 0 saturated carbocycles. The number of nitrogens with two attached hydrogens (primary N) is 1. The van der Waals surface area contributed by atoms with Gasteiger partial charge in [0.15, 0.2) is 5.96 Å². The fourth-order valence-electron chi connectivity index (χ4n) is 1.88. The summed E-state index contributed by atoms with van der Waals surface area (Å²) >= 11 is 0. The minimum absolute atomic E-state index is 0.0999. The van der Waals surface area contributed by atoms with Crippen molar-refractivity contribution in [2.24, 2.45) is 15.5 Å². The molecule has 0 atom stereocenters. The largest absolute Gasteiger partial charge is 0.357 e. The van der Waals surface area contributed by atoms with Crippen LogP contribution in [0.1, 0.15) is 53.4 Å². The highest BCUT2D eigenvalue weighted by Gasteiger charge is 2.17. The summed E-state index contributed by atoms with van der Waals surface area (Å²) in [4.78, 5) is 4.54. The average molecular weight is 321 g/mol. The van der Waals surface area contributed by atoms with E-state index >= 15 is 0 Å². The van der Waals surface area contributed by atoms with Crippen molar-refractivity contribution in [3.05, 3.63) is 0 Å². The van der Waals surface area contributed by atoms with Crippen LogP contribution in [0.4, 0.5) is 0 Å². The zero-order valence-electron chi connectivity index (χ0n) is 13.9. The number of guanidine groups is 1. The molecule has 126 valence electrons. The molecule has 0 aromatic carbocycles. The first kappa shape index (κ1) is 20.2. The molecule has 0 unspecified atom stereocenters. The van der Waals surface area contributed by atoms with E-state index in [0.717, 1.165) is 13.0 Å². The first-order valence-electron chi connectivity index (χ1n) is 7.73. The molecule has 0 spiro atoms. The molecule has 0 aromatic heterocycles. The highest BCUT2D eigenvalue weighted by atomic mass is 32.2. The van der Waals surface area contributed by atoms with E-state index in [0.29, 0.717) is 12.5 Å². The molecule has 7 heteroatoms. The van der Waals surface area contributed by atoms with Crippen molar-refractivity contribution in [2.45, 2.75) is 53.4 Å². The Morgan fingerprint density at radius 3 is 2.38 bits per heavy atom. The number of unbranched alkanes of at least 4 members (excludes halogenated alkanes) is 2. The van der Waals surface area contributed by atoms with Gasteiger partial charge in [0.25, 0.3) is 0 Å². The number of sulfonamides is 1. The number of hydrogen-bond acceptors (Lipinski definition) is 3. The topological polar surface area (TPSA) is 96.6 Å². The van der Waals surface area contributed by atoms with Gasteiger partial charge in [-0.05, 0) is 18.8 Å². The molecule has 0 heterocycles. The van der Waals surface area contributed by atoms with Crippen LogP contribution in [0.2, 0.25) is 0 Å². The lowest BCUT2D eigenvalue weighted by Gasteiger charge is -2.23. The number of nitrogens with zero attached hydrogens (tertiary/aromatic N) is 1. The van der Waals surface area contributed by atoms with Crippen LogP contribution < -0.4 is 15.8 Å². The summed E-state index contributed by atoms with van der Waals surface area (Å²) in [7, 11) is -3.44. The van der Waals surface area contributed by atoms with Crippen LogP contribution in [-0.4, -0.2) is 39.8 Å². The summed E-state index contributed by atoms with van der Waals surface area (Å²) in [6.07, 6.45) is 4.83. The summed E-state index contributed by atoms with van der Waals surface area (Å²) in [6, 6.07) is 0. The minimum atomic E-state index is -3.44. The molecule has 21 heavy (non-hydrogen) atoms. The van der Waals surface area contributed by atoms with E-state index in [4.69, 9.17) is 5.14 Å². The maximum Gasteiger partial charge on any atom is 0.210 e. The van der Waals surface area contributed by atoms with Crippen LogP contribution in [0, 0.1) is 5.41 Å². The first-order chi connectivity index (χ1) is 9.70. The SMILES string of the molecule is CCCCCC(C)(C)CN=C(NCC)NCCS(N)(=O)=O. The van der Waals surface area contributed by atoms with Crippen LogP contribution >= 0.6 is 0 Å². The van der Waals surface area contributed by atoms with Gasteiger partial charge in [-0.2, -0.15) is 0 Å². The molecule has 0 fully saturated rings. The summed E-state index contributed by atoms with van der Waals surface area (Å²) in [5, 5.41) is 11.1. The summed E-state index contributed by atoms with van der Waals surface area (Å²) in [5.41, 5.74) is 0.150. The molecule has 0 bridgehead atoms. The number of rotatable bonds is 10. The molecular weight excluding hydrogens is 288 g/mol. The van der Waals surface area contributed by atoms with Gasteiger partial charge in [0.1, 0.15) is 0 Å². The quantitative estimate of drug-likeness (QED) is 0.322. The molecule has 0 aromatic rings. The Morgan fingerprint density at radius 2 is 1.86 bits per heavy atom. The smallest absolute Gasteiger partial charge is 0.210 e. The maximum absolute atomic E-state index is 10.9. The third-order valence-corrected chi connectivity index (χ3v) is 3.92. The van der Waals surface area contributed by atoms with E-state index in [1.165, 1.54) is 19.3 Å². The number of primary sulfonamides is 1. The van der Waals surface area contributed by atoms with Crippen LogP contribution in [0.5, 0.6) is 0 Å². The third kappa shape index (κ3) is 12.6. The van der Waals surface area contributed by atoms with Crippen molar-refractivity contribution in [3.8, 4) is 0 Å². The third-order valence-electron chi connectivity index (χ3n) is 3.15. The Labute approximate surface area is 130 Å². The van der Waals surface area contributed by atoms with Gasteiger partial charge in [-0.3, -0.25) is 4.99 Å². The van der Waals surface area contributed by atoms with Crippen molar-refractivity contribution in [1.29, 1.82) is 0 Å². The van der Waals surface area contributed by atoms with Crippen LogP contribution in [-0.2, 0) is 10.0 Å². The zero-order chi connectivity index (χ0) is 16.4. The fourth-order valence-corrected chi connectivity index (χ4v) is 2.27. The lowest BCUT2D eigenvalue weighted by molar-refractivity contribution is 0.332. The van der Waals surface area contributed by atoms with Crippen molar-refractivity contribution in [3.63, 3.8) is 0 Å². The van der Waals surface area contributed by atoms with Crippen LogP contribution in [0.3, 0.4) is 0 Å². The van der Waals surface area contributed by atoms with Crippen molar-refractivity contribution >= 4 is 16.0 Å². The second-order valence-electron chi connectivity index (χ2n) is 6.11. The molecular formula is C14H32N4O2S. The van der Waals surface area contributed by atoms with Crippen LogP contribution in [0.25, 0.3) is 0 Å². The Bertz CT molecular complexity index is 405. The van der Waals surface area contributed by atoms with Crippen molar-refractivity contribution < 1.29 is 8.42 Å². The maximum atomic E-state index is 10.9. The molecule has 0 aliphatic heterocycles. The van der Waals surface area contributed by atoms with Gasteiger partial charge in [-0.1, -0.05) is 40.0 Å². The monoisotopic (exact) mass is 320 g/mol. The Hall–Kier alpha value is -0.820. The molecule has 0 radical (unpaired) electrons. The molecule has 0 aliphatic carbocycles.